The van der Waals surface area contributed by atoms with Gasteiger partial charge in [0, 0.05) is 23.4 Å². The molecule has 2 heterocycles. The average Bonchev–Trinajstić information content (AvgIpc) is 2.75. The molecule has 0 aliphatic carbocycles. The summed E-state index contributed by atoms with van der Waals surface area (Å²) in [5.41, 5.74) is 1.31. The monoisotopic (exact) mass is 254 g/mol. The lowest BCUT2D eigenvalue weighted by Crippen LogP contribution is -2.46. The molecule has 0 aromatic carbocycles. The van der Waals surface area contributed by atoms with Crippen LogP contribution in [0.15, 0.2) is 11.4 Å². The van der Waals surface area contributed by atoms with Crippen molar-refractivity contribution in [1.82, 2.24) is 4.90 Å². The van der Waals surface area contributed by atoms with Gasteiger partial charge in [0.15, 0.2) is 0 Å². The van der Waals surface area contributed by atoms with Crippen molar-refractivity contribution in [2.45, 2.75) is 38.6 Å². The number of carbonyl (C=O) groups is 1. The second kappa shape index (κ2) is 5.06. The van der Waals surface area contributed by atoms with Gasteiger partial charge in [-0.25, -0.2) is 4.79 Å². The molecule has 1 aliphatic rings. The number of likely N-dealkylation sites (tertiary alicyclic amines) is 1. The fraction of sp³-hybridized carbons (Fsp3) is 0.583. The second-order valence-corrected chi connectivity index (χ2v) is 5.48. The van der Waals surface area contributed by atoms with Gasteiger partial charge in [0.05, 0.1) is 0 Å². The fourth-order valence-corrected chi connectivity index (χ4v) is 3.75. The lowest BCUT2D eigenvalue weighted by molar-refractivity contribution is 0.0712. The predicted octanol–water partition coefficient (Wildman–Crippen LogP) is 2.63. The predicted molar refractivity (Wildman–Crippen MR) is 67.9 cm³/mol. The molecule has 0 saturated carbocycles. The van der Waals surface area contributed by atoms with E-state index in [2.05, 4.69) is 30.1 Å². The largest absolute Gasteiger partial charge is 0.428 e. The van der Waals surface area contributed by atoms with E-state index in [4.69, 9.17) is 5.90 Å². The first kappa shape index (κ1) is 12.4. The zero-order valence-corrected chi connectivity index (χ0v) is 11.0. The highest BCUT2D eigenvalue weighted by Crippen LogP contribution is 2.37. The molecule has 5 heteroatoms. The van der Waals surface area contributed by atoms with Crippen molar-refractivity contribution in [3.8, 4) is 0 Å². The number of hydrogen-bond donors (Lipinski definition) is 1. The topological polar surface area (TPSA) is 55.6 Å². The van der Waals surface area contributed by atoms with Crippen LogP contribution in [-0.2, 0) is 4.84 Å². The highest BCUT2D eigenvalue weighted by Gasteiger charge is 2.33. The third kappa shape index (κ3) is 2.30. The number of hydrogen-bond acceptors (Lipinski definition) is 4. The molecule has 1 saturated heterocycles. The minimum atomic E-state index is -0.420. The molecule has 0 bridgehead atoms. The van der Waals surface area contributed by atoms with Gasteiger partial charge in [-0.15, -0.1) is 11.3 Å². The first-order chi connectivity index (χ1) is 8.15. The Morgan fingerprint density at radius 3 is 3.00 bits per heavy atom. The number of piperidine rings is 1. The number of amides is 1. The smallest absolute Gasteiger partial charge is 0.357 e. The fourth-order valence-electron chi connectivity index (χ4n) is 2.58. The highest BCUT2D eigenvalue weighted by molar-refractivity contribution is 7.10. The van der Waals surface area contributed by atoms with Gasteiger partial charge in [-0.3, -0.25) is 0 Å². The molecular formula is C12H18N2O2S. The van der Waals surface area contributed by atoms with E-state index in [1.54, 1.807) is 16.2 Å². The van der Waals surface area contributed by atoms with Crippen LogP contribution in [0.25, 0.3) is 0 Å². The van der Waals surface area contributed by atoms with Gasteiger partial charge in [0.2, 0.25) is 0 Å². The lowest BCUT2D eigenvalue weighted by atomic mass is 9.88. The van der Waals surface area contributed by atoms with Crippen LogP contribution in [0.5, 0.6) is 0 Å². The highest BCUT2D eigenvalue weighted by atomic mass is 32.1. The number of carbonyl (C=O) groups excluding carboxylic acids is 1. The van der Waals surface area contributed by atoms with E-state index in [0.29, 0.717) is 5.92 Å². The summed E-state index contributed by atoms with van der Waals surface area (Å²) in [5.74, 6) is 5.38. The van der Waals surface area contributed by atoms with Crippen molar-refractivity contribution in [3.63, 3.8) is 0 Å². The molecule has 1 aromatic rings. The summed E-state index contributed by atoms with van der Waals surface area (Å²) in [6.45, 7) is 4.93. The van der Waals surface area contributed by atoms with Crippen LogP contribution in [-0.4, -0.2) is 23.6 Å². The van der Waals surface area contributed by atoms with Gasteiger partial charge < -0.3 is 9.74 Å². The van der Waals surface area contributed by atoms with E-state index in [1.165, 1.54) is 10.4 Å². The molecule has 2 rings (SSSR count). The molecule has 2 unspecified atom stereocenters. The Labute approximate surface area is 105 Å². The van der Waals surface area contributed by atoms with Crippen LogP contribution < -0.4 is 5.90 Å². The zero-order chi connectivity index (χ0) is 12.4. The first-order valence-electron chi connectivity index (χ1n) is 5.86. The van der Waals surface area contributed by atoms with Crippen LogP contribution in [0.1, 0.15) is 36.1 Å². The van der Waals surface area contributed by atoms with Crippen LogP contribution >= 0.6 is 11.3 Å². The third-order valence-corrected chi connectivity index (χ3v) is 4.71. The van der Waals surface area contributed by atoms with E-state index in [-0.39, 0.29) is 6.04 Å². The summed E-state index contributed by atoms with van der Waals surface area (Å²) >= 11 is 1.77. The van der Waals surface area contributed by atoms with Crippen LogP contribution in [0.2, 0.25) is 0 Å². The van der Waals surface area contributed by atoms with Gasteiger partial charge in [-0.05, 0) is 43.7 Å². The Hall–Kier alpha value is -1.07. The van der Waals surface area contributed by atoms with Crippen molar-refractivity contribution in [2.24, 2.45) is 5.90 Å². The Morgan fingerprint density at radius 1 is 1.65 bits per heavy atom. The minimum absolute atomic E-state index is 0.150. The van der Waals surface area contributed by atoms with Crippen LogP contribution in [0.3, 0.4) is 0 Å². The van der Waals surface area contributed by atoms with E-state index in [9.17, 15) is 4.79 Å². The number of nitrogens with two attached hydrogens (primary N) is 1. The van der Waals surface area contributed by atoms with Crippen molar-refractivity contribution < 1.29 is 9.63 Å². The Bertz CT molecular complexity index is 405. The van der Waals surface area contributed by atoms with E-state index >= 15 is 0 Å². The summed E-state index contributed by atoms with van der Waals surface area (Å²) in [5, 5.41) is 2.11. The van der Waals surface area contributed by atoms with Gasteiger partial charge in [-0.1, -0.05) is 0 Å². The number of thiophene rings is 1. The minimum Gasteiger partial charge on any atom is -0.357 e. The molecule has 2 atom stereocenters. The van der Waals surface area contributed by atoms with Crippen molar-refractivity contribution in [3.05, 3.63) is 21.9 Å². The average molecular weight is 254 g/mol. The molecule has 1 amide bonds. The Balaban J connectivity index is 2.19. The van der Waals surface area contributed by atoms with Gasteiger partial charge in [0.25, 0.3) is 0 Å². The number of nitrogens with zero attached hydrogens (tertiary/aromatic N) is 1. The number of aryl methyl sites for hydroxylation is 1. The molecule has 0 radical (unpaired) electrons. The summed E-state index contributed by atoms with van der Waals surface area (Å²) in [6, 6.07) is 2.28. The Morgan fingerprint density at radius 2 is 2.41 bits per heavy atom. The maximum absolute atomic E-state index is 11.6. The quantitative estimate of drug-likeness (QED) is 0.784. The van der Waals surface area contributed by atoms with E-state index < -0.39 is 6.09 Å². The lowest BCUT2D eigenvalue weighted by Gasteiger charge is -2.38. The third-order valence-electron chi connectivity index (χ3n) is 3.56. The number of rotatable bonds is 1. The first-order valence-corrected chi connectivity index (χ1v) is 6.74. The molecule has 1 aromatic heterocycles. The van der Waals surface area contributed by atoms with Gasteiger partial charge in [0.1, 0.15) is 0 Å². The molecule has 2 N–H and O–H groups in total. The van der Waals surface area contributed by atoms with Gasteiger partial charge in [-0.2, -0.15) is 5.90 Å². The molecular weight excluding hydrogens is 236 g/mol. The van der Waals surface area contributed by atoms with Crippen molar-refractivity contribution in [2.75, 3.05) is 6.54 Å². The van der Waals surface area contributed by atoms with Crippen molar-refractivity contribution in [1.29, 1.82) is 0 Å². The maximum atomic E-state index is 11.6. The summed E-state index contributed by atoms with van der Waals surface area (Å²) in [7, 11) is 0. The zero-order valence-electron chi connectivity index (χ0n) is 10.2. The molecule has 1 aliphatic heterocycles. The standard InChI is InChI=1S/C12H18N2O2S/c1-8-5-7-17-11(8)10-4-3-6-14(9(10)2)12(15)16-13/h5,7,9-10H,3-4,6,13H2,1-2H3. The normalized spacial score (nSPS) is 24.8. The van der Waals surface area contributed by atoms with E-state index in [1.807, 2.05) is 0 Å². The SMILES string of the molecule is Cc1ccsc1C1CCCN(C(=O)ON)C1C. The Kier molecular flexibility index (Phi) is 3.69. The summed E-state index contributed by atoms with van der Waals surface area (Å²) in [4.78, 5) is 19.0. The second-order valence-electron chi connectivity index (χ2n) is 4.53. The summed E-state index contributed by atoms with van der Waals surface area (Å²) < 4.78 is 0. The molecule has 4 nitrogen and oxygen atoms in total. The maximum Gasteiger partial charge on any atom is 0.428 e. The molecule has 0 spiro atoms. The molecule has 17 heavy (non-hydrogen) atoms. The van der Waals surface area contributed by atoms with Crippen LogP contribution in [0.4, 0.5) is 4.79 Å². The van der Waals surface area contributed by atoms with Gasteiger partial charge >= 0.3 is 6.09 Å². The molecule has 94 valence electrons. The molecule has 1 fully saturated rings. The van der Waals surface area contributed by atoms with E-state index in [0.717, 1.165) is 19.4 Å². The van der Waals surface area contributed by atoms with Crippen molar-refractivity contribution >= 4 is 17.4 Å². The summed E-state index contributed by atoms with van der Waals surface area (Å²) in [6.07, 6.45) is 1.70. The van der Waals surface area contributed by atoms with Crippen LogP contribution in [0, 0.1) is 6.92 Å².